The van der Waals surface area contributed by atoms with E-state index in [-0.39, 0.29) is 18.2 Å². The zero-order valence-electron chi connectivity index (χ0n) is 19.0. The minimum absolute atomic E-state index is 0. The molecule has 0 saturated carbocycles. The Balaban J connectivity index is 0.00000241. The third-order valence-corrected chi connectivity index (χ3v) is 6.73. The minimum Gasteiger partial charge on any atom is -0.507 e. The van der Waals surface area contributed by atoms with Gasteiger partial charge in [-0.25, -0.2) is 9.50 Å². The normalized spacial score (nSPS) is 17.4. The SMILES string of the molecule is Cc1cn2nc(-c3ccc(-c4ccc(C5CN(C6CCOCC6)C5)nn4)c(O)c3)ccc2n1.Cl. The van der Waals surface area contributed by atoms with Gasteiger partial charge < -0.3 is 9.84 Å². The van der Waals surface area contributed by atoms with Gasteiger partial charge in [-0.3, -0.25) is 4.90 Å². The number of aromatic nitrogens is 5. The van der Waals surface area contributed by atoms with Crippen molar-refractivity contribution in [2.45, 2.75) is 31.7 Å². The molecule has 0 aliphatic carbocycles. The first-order valence-corrected chi connectivity index (χ1v) is 11.5. The summed E-state index contributed by atoms with van der Waals surface area (Å²) >= 11 is 0. The molecule has 9 heteroatoms. The molecular formula is C25H27ClN6O2. The van der Waals surface area contributed by atoms with Crippen molar-refractivity contribution in [3.05, 3.63) is 60.0 Å². The van der Waals surface area contributed by atoms with Crippen molar-refractivity contribution in [2.75, 3.05) is 26.3 Å². The Kier molecular flexibility index (Phi) is 6.20. The van der Waals surface area contributed by atoms with Crippen LogP contribution in [0.4, 0.5) is 0 Å². The molecule has 34 heavy (non-hydrogen) atoms. The largest absolute Gasteiger partial charge is 0.507 e. The number of rotatable bonds is 4. The number of aryl methyl sites for hydroxylation is 1. The maximum atomic E-state index is 10.7. The smallest absolute Gasteiger partial charge is 0.153 e. The molecule has 0 unspecified atom stereocenters. The van der Waals surface area contributed by atoms with Crippen LogP contribution in [0.25, 0.3) is 28.2 Å². The number of hydrogen-bond acceptors (Lipinski definition) is 7. The molecule has 0 bridgehead atoms. The van der Waals surface area contributed by atoms with E-state index in [4.69, 9.17) is 4.74 Å². The van der Waals surface area contributed by atoms with Gasteiger partial charge in [0.1, 0.15) is 5.75 Å². The van der Waals surface area contributed by atoms with Crippen molar-refractivity contribution in [1.29, 1.82) is 0 Å². The van der Waals surface area contributed by atoms with Gasteiger partial charge in [-0.15, -0.1) is 12.4 Å². The third kappa shape index (κ3) is 4.24. The average Bonchev–Trinajstić information content (AvgIpc) is 3.18. The lowest BCUT2D eigenvalue weighted by molar-refractivity contribution is 0.000892. The molecule has 2 aliphatic heterocycles. The summed E-state index contributed by atoms with van der Waals surface area (Å²) in [6.07, 6.45) is 4.13. The molecule has 5 heterocycles. The lowest BCUT2D eigenvalue weighted by atomic mass is 9.91. The van der Waals surface area contributed by atoms with Crippen molar-refractivity contribution in [1.82, 2.24) is 29.7 Å². The van der Waals surface area contributed by atoms with Gasteiger partial charge in [0.25, 0.3) is 0 Å². The summed E-state index contributed by atoms with van der Waals surface area (Å²) in [6.45, 7) is 5.75. The van der Waals surface area contributed by atoms with Crippen LogP contribution < -0.4 is 0 Å². The molecule has 0 radical (unpaired) electrons. The maximum absolute atomic E-state index is 10.7. The van der Waals surface area contributed by atoms with Crippen molar-refractivity contribution in [3.63, 3.8) is 0 Å². The molecule has 2 aliphatic rings. The van der Waals surface area contributed by atoms with Gasteiger partial charge in [-0.1, -0.05) is 6.07 Å². The molecular weight excluding hydrogens is 452 g/mol. The van der Waals surface area contributed by atoms with Crippen LogP contribution in [-0.4, -0.2) is 67.1 Å². The number of ether oxygens (including phenoxy) is 1. The summed E-state index contributed by atoms with van der Waals surface area (Å²) in [7, 11) is 0. The third-order valence-electron chi connectivity index (χ3n) is 6.73. The Labute approximate surface area is 204 Å². The monoisotopic (exact) mass is 478 g/mol. The Morgan fingerprint density at radius 3 is 2.50 bits per heavy atom. The van der Waals surface area contributed by atoms with Crippen LogP contribution in [-0.2, 0) is 4.74 Å². The van der Waals surface area contributed by atoms with Crippen molar-refractivity contribution >= 4 is 18.1 Å². The maximum Gasteiger partial charge on any atom is 0.153 e. The van der Waals surface area contributed by atoms with Crippen LogP contribution in [0.15, 0.2) is 48.7 Å². The Hall–Kier alpha value is -3.07. The number of benzene rings is 1. The molecule has 4 aromatic rings. The second kappa shape index (κ2) is 9.29. The molecule has 3 aromatic heterocycles. The summed E-state index contributed by atoms with van der Waals surface area (Å²) in [5.74, 6) is 0.589. The highest BCUT2D eigenvalue weighted by Crippen LogP contribution is 2.34. The molecule has 1 aromatic carbocycles. The fourth-order valence-corrected chi connectivity index (χ4v) is 4.81. The molecule has 1 N–H and O–H groups in total. The summed E-state index contributed by atoms with van der Waals surface area (Å²) in [5.41, 5.74) is 5.66. The van der Waals surface area contributed by atoms with Gasteiger partial charge in [-0.05, 0) is 56.2 Å². The number of likely N-dealkylation sites (tertiary alicyclic amines) is 1. The lowest BCUT2D eigenvalue weighted by Crippen LogP contribution is -2.52. The predicted octanol–water partition coefficient (Wildman–Crippen LogP) is 3.87. The molecule has 0 spiro atoms. The number of phenols is 1. The van der Waals surface area contributed by atoms with Gasteiger partial charge in [0, 0.05) is 49.4 Å². The summed E-state index contributed by atoms with van der Waals surface area (Å²) < 4.78 is 7.22. The number of nitrogens with zero attached hydrogens (tertiary/aromatic N) is 6. The molecule has 2 fully saturated rings. The van der Waals surface area contributed by atoms with Crippen LogP contribution in [0.5, 0.6) is 5.75 Å². The predicted molar refractivity (Wildman–Crippen MR) is 131 cm³/mol. The number of fused-ring (bicyclic) bond motifs is 1. The molecule has 0 atom stereocenters. The van der Waals surface area contributed by atoms with E-state index in [1.165, 1.54) is 0 Å². The topological polar surface area (TPSA) is 88.7 Å². The fraction of sp³-hybridized carbons (Fsp3) is 0.360. The van der Waals surface area contributed by atoms with E-state index >= 15 is 0 Å². The number of hydrogen-bond donors (Lipinski definition) is 1. The van der Waals surface area contributed by atoms with Crippen LogP contribution >= 0.6 is 12.4 Å². The van der Waals surface area contributed by atoms with Crippen molar-refractivity contribution in [2.24, 2.45) is 0 Å². The number of phenolic OH excluding ortho intramolecular Hbond substituents is 1. The second-order valence-electron chi connectivity index (χ2n) is 8.97. The van der Waals surface area contributed by atoms with Gasteiger partial charge in [-0.2, -0.15) is 15.3 Å². The highest BCUT2D eigenvalue weighted by Gasteiger charge is 2.34. The quantitative estimate of drug-likeness (QED) is 0.476. The van der Waals surface area contributed by atoms with Crippen LogP contribution in [0, 0.1) is 6.92 Å². The van der Waals surface area contributed by atoms with Gasteiger partial charge >= 0.3 is 0 Å². The number of halogens is 1. The molecule has 176 valence electrons. The van der Waals surface area contributed by atoms with Crippen molar-refractivity contribution < 1.29 is 9.84 Å². The number of imidazole rings is 1. The Bertz CT molecular complexity index is 1300. The Morgan fingerprint density at radius 1 is 0.971 bits per heavy atom. The standard InChI is InChI=1S/C25H26N6O2.ClH/c1-16-13-31-25(26-16)7-6-22(29-31)17-2-3-20(24(32)12-17)23-5-4-21(27-28-23)18-14-30(15-18)19-8-10-33-11-9-19;/h2-7,12-13,18-19,32H,8-11,14-15H2,1H3;1H. The number of aromatic hydroxyl groups is 1. The van der Waals surface area contributed by atoms with Gasteiger partial charge in [0.2, 0.25) is 0 Å². The van der Waals surface area contributed by atoms with Crippen LogP contribution in [0.3, 0.4) is 0 Å². The highest BCUT2D eigenvalue weighted by atomic mass is 35.5. The van der Waals surface area contributed by atoms with E-state index in [9.17, 15) is 5.11 Å². The molecule has 2 saturated heterocycles. The summed E-state index contributed by atoms with van der Waals surface area (Å²) in [5, 5.41) is 24.2. The Morgan fingerprint density at radius 2 is 1.76 bits per heavy atom. The van der Waals surface area contributed by atoms with E-state index in [1.54, 1.807) is 10.6 Å². The van der Waals surface area contributed by atoms with Crippen LogP contribution in [0.1, 0.15) is 30.1 Å². The highest BCUT2D eigenvalue weighted by molar-refractivity contribution is 5.85. The average molecular weight is 479 g/mol. The first-order chi connectivity index (χ1) is 16.1. The van der Waals surface area contributed by atoms with E-state index in [1.807, 2.05) is 49.5 Å². The lowest BCUT2D eigenvalue weighted by Gasteiger charge is -2.45. The van der Waals surface area contributed by atoms with E-state index in [0.717, 1.165) is 67.4 Å². The van der Waals surface area contributed by atoms with E-state index in [0.29, 0.717) is 23.2 Å². The molecule has 0 amide bonds. The van der Waals surface area contributed by atoms with Gasteiger partial charge in [0.05, 0.1) is 29.0 Å². The van der Waals surface area contributed by atoms with Gasteiger partial charge in [0.15, 0.2) is 5.65 Å². The second-order valence-corrected chi connectivity index (χ2v) is 8.97. The fourth-order valence-electron chi connectivity index (χ4n) is 4.81. The molecule has 6 rings (SSSR count). The van der Waals surface area contributed by atoms with Crippen molar-refractivity contribution in [3.8, 4) is 28.3 Å². The van der Waals surface area contributed by atoms with E-state index < -0.39 is 0 Å². The summed E-state index contributed by atoms with van der Waals surface area (Å²) in [6, 6.07) is 14.0. The minimum atomic E-state index is 0. The zero-order chi connectivity index (χ0) is 22.4. The first-order valence-electron chi connectivity index (χ1n) is 11.5. The first kappa shape index (κ1) is 22.7. The summed E-state index contributed by atoms with van der Waals surface area (Å²) in [4.78, 5) is 6.94. The zero-order valence-corrected chi connectivity index (χ0v) is 19.8. The van der Waals surface area contributed by atoms with Crippen LogP contribution in [0.2, 0.25) is 0 Å². The molecule has 8 nitrogen and oxygen atoms in total. The van der Waals surface area contributed by atoms with E-state index in [2.05, 4.69) is 25.2 Å².